The molecule has 0 aromatic carbocycles. The maximum absolute atomic E-state index is 11.9. The normalized spacial score (nSPS) is 11.4. The SMILES string of the molecule is Nc1ncccc1CC(=O)C(F)(F)F. The van der Waals surface area contributed by atoms with Gasteiger partial charge in [0.05, 0.1) is 0 Å². The summed E-state index contributed by atoms with van der Waals surface area (Å²) in [7, 11) is 0. The van der Waals surface area contributed by atoms with E-state index in [0.717, 1.165) is 0 Å². The third-order valence-electron chi connectivity index (χ3n) is 1.59. The maximum atomic E-state index is 11.9. The van der Waals surface area contributed by atoms with Crippen molar-refractivity contribution in [3.8, 4) is 0 Å². The maximum Gasteiger partial charge on any atom is 0.450 e. The molecule has 1 rings (SSSR count). The Hall–Kier alpha value is -1.59. The summed E-state index contributed by atoms with van der Waals surface area (Å²) in [6.45, 7) is 0. The molecule has 0 aliphatic carbocycles. The van der Waals surface area contributed by atoms with Gasteiger partial charge in [0, 0.05) is 18.2 Å². The van der Waals surface area contributed by atoms with E-state index in [-0.39, 0.29) is 11.4 Å². The monoisotopic (exact) mass is 204 g/mol. The summed E-state index contributed by atoms with van der Waals surface area (Å²) < 4.78 is 35.6. The molecule has 0 radical (unpaired) electrons. The predicted octanol–water partition coefficient (Wildman–Crippen LogP) is 1.34. The average molecular weight is 204 g/mol. The van der Waals surface area contributed by atoms with Crippen molar-refractivity contribution in [2.45, 2.75) is 12.6 Å². The van der Waals surface area contributed by atoms with Crippen molar-refractivity contribution in [2.75, 3.05) is 5.73 Å². The average Bonchev–Trinajstić information content (AvgIpc) is 2.07. The van der Waals surface area contributed by atoms with Crippen LogP contribution in [0.1, 0.15) is 5.56 Å². The molecule has 0 saturated heterocycles. The Kier molecular flexibility index (Phi) is 2.73. The second-order valence-electron chi connectivity index (χ2n) is 2.65. The highest BCUT2D eigenvalue weighted by Crippen LogP contribution is 2.20. The standard InChI is InChI=1S/C8H7F3N2O/c9-8(10,11)6(14)4-5-2-1-3-13-7(5)12/h1-3H,4H2,(H2,12,13). The number of anilines is 1. The third-order valence-corrected chi connectivity index (χ3v) is 1.59. The Morgan fingerprint density at radius 3 is 2.64 bits per heavy atom. The van der Waals surface area contributed by atoms with Crippen LogP contribution in [-0.2, 0) is 11.2 Å². The van der Waals surface area contributed by atoms with Gasteiger partial charge in [-0.05, 0) is 6.07 Å². The third kappa shape index (κ3) is 2.45. The number of carbonyl (C=O) groups is 1. The van der Waals surface area contributed by atoms with Crippen molar-refractivity contribution >= 4 is 11.6 Å². The fraction of sp³-hybridized carbons (Fsp3) is 0.250. The number of ketones is 1. The molecular formula is C8H7F3N2O. The number of rotatable bonds is 2. The van der Waals surface area contributed by atoms with Gasteiger partial charge in [0.2, 0.25) is 5.78 Å². The number of hydrogen-bond donors (Lipinski definition) is 1. The molecule has 0 aliphatic heterocycles. The lowest BCUT2D eigenvalue weighted by molar-refractivity contribution is -0.170. The minimum atomic E-state index is -4.82. The van der Waals surface area contributed by atoms with E-state index < -0.39 is 18.4 Å². The molecule has 1 heterocycles. The minimum Gasteiger partial charge on any atom is -0.383 e. The summed E-state index contributed by atoms with van der Waals surface area (Å²) in [5.41, 5.74) is 5.37. The zero-order chi connectivity index (χ0) is 10.8. The van der Waals surface area contributed by atoms with E-state index in [2.05, 4.69) is 4.98 Å². The molecule has 0 unspecified atom stereocenters. The number of nitrogens with zero attached hydrogens (tertiary/aromatic N) is 1. The first-order valence-corrected chi connectivity index (χ1v) is 3.70. The van der Waals surface area contributed by atoms with Crippen LogP contribution in [0, 0.1) is 0 Å². The second kappa shape index (κ2) is 3.65. The lowest BCUT2D eigenvalue weighted by Gasteiger charge is -2.06. The fourth-order valence-electron chi connectivity index (χ4n) is 0.873. The molecule has 6 heteroatoms. The van der Waals surface area contributed by atoms with Crippen molar-refractivity contribution in [1.82, 2.24) is 4.98 Å². The molecule has 0 bridgehead atoms. The zero-order valence-corrected chi connectivity index (χ0v) is 7.01. The smallest absolute Gasteiger partial charge is 0.383 e. The summed E-state index contributed by atoms with van der Waals surface area (Å²) in [4.78, 5) is 14.2. The highest BCUT2D eigenvalue weighted by atomic mass is 19.4. The van der Waals surface area contributed by atoms with Crippen LogP contribution in [0.2, 0.25) is 0 Å². The van der Waals surface area contributed by atoms with E-state index in [0.29, 0.717) is 0 Å². The fourth-order valence-corrected chi connectivity index (χ4v) is 0.873. The number of nitrogens with two attached hydrogens (primary N) is 1. The summed E-state index contributed by atoms with van der Waals surface area (Å²) in [5.74, 6) is -1.87. The highest BCUT2D eigenvalue weighted by Gasteiger charge is 2.38. The molecule has 14 heavy (non-hydrogen) atoms. The van der Waals surface area contributed by atoms with Gasteiger partial charge < -0.3 is 5.73 Å². The van der Waals surface area contributed by atoms with Crippen LogP contribution in [0.15, 0.2) is 18.3 Å². The first-order chi connectivity index (χ1) is 6.41. The Bertz CT molecular complexity index is 349. The summed E-state index contributed by atoms with van der Waals surface area (Å²) in [6, 6.07) is 2.77. The molecule has 0 atom stereocenters. The molecule has 2 N–H and O–H groups in total. The molecule has 1 aromatic heterocycles. The van der Waals surface area contributed by atoms with Gasteiger partial charge in [-0.25, -0.2) is 4.98 Å². The number of nitrogen functional groups attached to an aromatic ring is 1. The van der Waals surface area contributed by atoms with Crippen LogP contribution in [0.3, 0.4) is 0 Å². The number of halogens is 3. The van der Waals surface area contributed by atoms with Crippen LogP contribution < -0.4 is 5.73 Å². The van der Waals surface area contributed by atoms with Crippen molar-refractivity contribution in [1.29, 1.82) is 0 Å². The Labute approximate surface area is 77.7 Å². The second-order valence-corrected chi connectivity index (χ2v) is 2.65. The Morgan fingerprint density at radius 1 is 1.50 bits per heavy atom. The van der Waals surface area contributed by atoms with Crippen LogP contribution in [0.5, 0.6) is 0 Å². The Morgan fingerprint density at radius 2 is 2.14 bits per heavy atom. The topological polar surface area (TPSA) is 56.0 Å². The highest BCUT2D eigenvalue weighted by molar-refractivity contribution is 5.86. The number of pyridine rings is 1. The molecule has 0 aliphatic rings. The van der Waals surface area contributed by atoms with Crippen LogP contribution in [0.4, 0.5) is 19.0 Å². The zero-order valence-electron chi connectivity index (χ0n) is 7.01. The van der Waals surface area contributed by atoms with Crippen LogP contribution >= 0.6 is 0 Å². The molecule has 1 aromatic rings. The largest absolute Gasteiger partial charge is 0.450 e. The van der Waals surface area contributed by atoms with Gasteiger partial charge in [-0.15, -0.1) is 0 Å². The summed E-state index contributed by atoms with van der Waals surface area (Å²) in [5, 5.41) is 0. The van der Waals surface area contributed by atoms with Gasteiger partial charge in [-0.1, -0.05) is 6.07 Å². The molecule has 0 amide bonds. The van der Waals surface area contributed by atoms with E-state index in [1.54, 1.807) is 0 Å². The van der Waals surface area contributed by atoms with E-state index >= 15 is 0 Å². The van der Waals surface area contributed by atoms with Gasteiger partial charge in [0.1, 0.15) is 5.82 Å². The number of hydrogen-bond acceptors (Lipinski definition) is 3. The lowest BCUT2D eigenvalue weighted by Crippen LogP contribution is -2.25. The molecule has 3 nitrogen and oxygen atoms in total. The van der Waals surface area contributed by atoms with Crippen molar-refractivity contribution in [3.05, 3.63) is 23.9 Å². The van der Waals surface area contributed by atoms with Gasteiger partial charge in [0.25, 0.3) is 0 Å². The van der Waals surface area contributed by atoms with E-state index in [4.69, 9.17) is 5.73 Å². The van der Waals surface area contributed by atoms with Crippen molar-refractivity contribution in [2.24, 2.45) is 0 Å². The minimum absolute atomic E-state index is 0.0508. The van der Waals surface area contributed by atoms with Crippen molar-refractivity contribution in [3.63, 3.8) is 0 Å². The predicted molar refractivity (Wildman–Crippen MR) is 43.4 cm³/mol. The van der Waals surface area contributed by atoms with Crippen LogP contribution in [-0.4, -0.2) is 16.9 Å². The van der Waals surface area contributed by atoms with Gasteiger partial charge in [0.15, 0.2) is 0 Å². The molecule has 76 valence electrons. The first-order valence-electron chi connectivity index (χ1n) is 3.70. The van der Waals surface area contributed by atoms with Crippen molar-refractivity contribution < 1.29 is 18.0 Å². The lowest BCUT2D eigenvalue weighted by atomic mass is 10.1. The van der Waals surface area contributed by atoms with Gasteiger partial charge in [-0.3, -0.25) is 4.79 Å². The molecule has 0 fully saturated rings. The molecular weight excluding hydrogens is 197 g/mol. The summed E-state index contributed by atoms with van der Waals surface area (Å²) in [6.07, 6.45) is -4.23. The Balaban J connectivity index is 2.80. The van der Waals surface area contributed by atoms with E-state index in [1.807, 2.05) is 0 Å². The number of aromatic nitrogens is 1. The van der Waals surface area contributed by atoms with E-state index in [1.165, 1.54) is 18.3 Å². The van der Waals surface area contributed by atoms with Gasteiger partial charge in [-0.2, -0.15) is 13.2 Å². The number of Topliss-reactive ketones (excluding diaryl/α,β-unsaturated/α-hetero) is 1. The van der Waals surface area contributed by atoms with Gasteiger partial charge >= 0.3 is 6.18 Å². The summed E-state index contributed by atoms with van der Waals surface area (Å²) >= 11 is 0. The molecule has 0 spiro atoms. The quantitative estimate of drug-likeness (QED) is 0.790. The number of carbonyl (C=O) groups excluding carboxylic acids is 1. The first kappa shape index (κ1) is 10.5. The van der Waals surface area contributed by atoms with E-state index in [9.17, 15) is 18.0 Å². The number of alkyl halides is 3. The van der Waals surface area contributed by atoms with Crippen LogP contribution in [0.25, 0.3) is 0 Å². The molecule has 0 saturated carbocycles.